The van der Waals surface area contributed by atoms with Crippen molar-refractivity contribution in [1.82, 2.24) is 42.1 Å². The van der Waals surface area contributed by atoms with E-state index < -0.39 is 201 Å². The second-order valence-corrected chi connectivity index (χ2v) is 18.0. The molecule has 18 N–H and O–H groups in total. The van der Waals surface area contributed by atoms with Crippen LogP contribution < -0.4 is 60.2 Å². The molecular weight excluding hydrogens is 957 g/mol. The van der Waals surface area contributed by atoms with E-state index in [0.29, 0.717) is 6.42 Å². The second kappa shape index (κ2) is 31.0. The number of nitrogens with zero attached hydrogens (tertiary/aromatic N) is 1. The largest absolute Gasteiger partial charge is 0.481 e. The summed E-state index contributed by atoms with van der Waals surface area (Å²) in [6.07, 6.45) is -4.52. The normalized spacial score (nSPS) is 16.0. The van der Waals surface area contributed by atoms with E-state index in [1.165, 1.54) is 0 Å². The fourth-order valence-corrected chi connectivity index (χ4v) is 7.21. The van der Waals surface area contributed by atoms with Crippen LogP contribution in [0.3, 0.4) is 0 Å². The topological polar surface area (TPSA) is 491 Å². The van der Waals surface area contributed by atoms with Crippen LogP contribution in [0.25, 0.3) is 0 Å². The summed E-state index contributed by atoms with van der Waals surface area (Å²) in [5, 5.41) is 44.3. The third-order valence-electron chi connectivity index (χ3n) is 11.1. The number of hydrogen-bond donors (Lipinski definition) is 14. The van der Waals surface area contributed by atoms with Gasteiger partial charge in [0, 0.05) is 38.6 Å². The predicted molar refractivity (Wildman–Crippen MR) is 248 cm³/mol. The van der Waals surface area contributed by atoms with Crippen molar-refractivity contribution >= 4 is 82.9 Å². The monoisotopic (exact) mass is 1030 g/mol. The number of hydrogen-bond acceptors (Lipinski definition) is 15. The molecule has 1 fully saturated rings. The molecular formula is C43H70N12O17. The van der Waals surface area contributed by atoms with Crippen LogP contribution in [0.2, 0.25) is 0 Å². The van der Waals surface area contributed by atoms with E-state index in [0.717, 1.165) is 4.90 Å². The number of rotatable bonds is 34. The summed E-state index contributed by atoms with van der Waals surface area (Å²) in [5.74, 6) is -15.5. The molecule has 1 rings (SSSR count). The van der Waals surface area contributed by atoms with Gasteiger partial charge in [0.1, 0.15) is 42.3 Å². The first-order chi connectivity index (χ1) is 33.5. The molecule has 1 aliphatic heterocycles. The Kier molecular flexibility index (Phi) is 26.9. The predicted octanol–water partition coefficient (Wildman–Crippen LogP) is -5.36. The number of amides is 11. The molecule has 29 nitrogen and oxygen atoms in total. The second-order valence-electron chi connectivity index (χ2n) is 18.0. The lowest BCUT2D eigenvalue weighted by atomic mass is 9.99. The minimum Gasteiger partial charge on any atom is -0.481 e. The van der Waals surface area contributed by atoms with Crippen molar-refractivity contribution in [3.63, 3.8) is 0 Å². The van der Waals surface area contributed by atoms with Crippen LogP contribution in [0.1, 0.15) is 111 Å². The van der Waals surface area contributed by atoms with Crippen molar-refractivity contribution < 1.29 is 82.4 Å². The molecule has 0 aromatic rings. The Morgan fingerprint density at radius 2 is 0.931 bits per heavy atom. The van der Waals surface area contributed by atoms with Gasteiger partial charge >= 0.3 is 17.9 Å². The van der Waals surface area contributed by atoms with Gasteiger partial charge < -0.3 is 80.4 Å². The maximum Gasteiger partial charge on any atom is 0.326 e. The molecule has 0 spiro atoms. The lowest BCUT2D eigenvalue weighted by molar-refractivity contribution is -0.144. The van der Waals surface area contributed by atoms with Crippen molar-refractivity contribution in [2.24, 2.45) is 34.8 Å². The first-order valence-corrected chi connectivity index (χ1v) is 23.2. The zero-order valence-electron chi connectivity index (χ0n) is 40.7. The van der Waals surface area contributed by atoms with Gasteiger partial charge in [0.25, 0.3) is 0 Å². The highest BCUT2D eigenvalue weighted by Gasteiger charge is 2.38. The highest BCUT2D eigenvalue weighted by molar-refractivity contribution is 5.98. The minimum atomic E-state index is -1.82. The van der Waals surface area contributed by atoms with Gasteiger partial charge in [-0.05, 0) is 63.2 Å². The standard InChI is InChI=1S/C43H70N12O17/c1-20(2)18-27(40(68)54-35(21(3)4)43(71)72)53-39(67)25(10-14-31(47)58)51-38(66)26(11-16-34(62)63)52-37(65)24(9-13-30(46)57)50-36(64)23(8-12-29(45)56)49-32(59)19-48-41(69)28-6-5-17-55(28)42(70)22(44)7-15-33(60)61/h20-28,35H,5-19,44H2,1-4H3,(H2,45,56)(H2,46,57)(H2,47,58)(H,48,69)(H,49,59)(H,50,64)(H,51,66)(H,52,65)(H,53,67)(H,54,68)(H,60,61)(H,62,63)(H,71,72)/t22-,23-,24-,25-,26-,27-,28-,35-/m0/s1. The quantitative estimate of drug-likeness (QED) is 0.0286. The molecule has 11 amide bonds. The molecule has 29 heteroatoms. The molecule has 0 aromatic carbocycles. The van der Waals surface area contributed by atoms with Crippen LogP contribution in [-0.2, 0) is 67.1 Å². The van der Waals surface area contributed by atoms with Gasteiger partial charge in [0.15, 0.2) is 0 Å². The average molecular weight is 1030 g/mol. The molecule has 0 bridgehead atoms. The number of aliphatic carboxylic acids is 3. The number of carboxylic acids is 3. The molecule has 1 aliphatic rings. The number of carbonyl (C=O) groups excluding carboxylic acids is 11. The van der Waals surface area contributed by atoms with Crippen molar-refractivity contribution in [3.05, 3.63) is 0 Å². The third kappa shape index (κ3) is 23.4. The summed E-state index contributed by atoms with van der Waals surface area (Å²) in [5.41, 5.74) is 21.8. The van der Waals surface area contributed by atoms with Gasteiger partial charge in [-0.1, -0.05) is 27.7 Å². The zero-order valence-corrected chi connectivity index (χ0v) is 40.7. The Labute approximate surface area is 414 Å². The van der Waals surface area contributed by atoms with Crippen LogP contribution in [-0.4, -0.2) is 165 Å². The first kappa shape index (κ1) is 62.6. The Bertz CT molecular complexity index is 2020. The maximum absolute atomic E-state index is 13.9. The summed E-state index contributed by atoms with van der Waals surface area (Å²) in [6.45, 7) is 5.84. The molecule has 1 heterocycles. The molecule has 72 heavy (non-hydrogen) atoms. The van der Waals surface area contributed by atoms with Gasteiger partial charge in [0.05, 0.1) is 12.6 Å². The number of carbonyl (C=O) groups is 14. The highest BCUT2D eigenvalue weighted by atomic mass is 16.4. The maximum atomic E-state index is 13.9. The number of nitrogens with two attached hydrogens (primary N) is 4. The molecule has 0 unspecified atom stereocenters. The highest BCUT2D eigenvalue weighted by Crippen LogP contribution is 2.19. The Morgan fingerprint density at radius 1 is 0.542 bits per heavy atom. The van der Waals surface area contributed by atoms with E-state index >= 15 is 0 Å². The van der Waals surface area contributed by atoms with E-state index in [4.69, 9.17) is 28.0 Å². The summed E-state index contributed by atoms with van der Waals surface area (Å²) in [4.78, 5) is 179. The van der Waals surface area contributed by atoms with Crippen molar-refractivity contribution in [2.45, 2.75) is 160 Å². The number of nitrogens with one attached hydrogen (secondary N) is 7. The van der Waals surface area contributed by atoms with E-state index in [1.807, 2.05) is 0 Å². The lowest BCUT2D eigenvalue weighted by Gasteiger charge is -2.28. The molecule has 0 radical (unpaired) electrons. The van der Waals surface area contributed by atoms with Gasteiger partial charge in [-0.25, -0.2) is 4.79 Å². The van der Waals surface area contributed by atoms with Gasteiger partial charge in [-0.15, -0.1) is 0 Å². The van der Waals surface area contributed by atoms with Crippen molar-refractivity contribution in [1.29, 1.82) is 0 Å². The van der Waals surface area contributed by atoms with E-state index in [1.54, 1.807) is 27.7 Å². The SMILES string of the molecule is CC(C)C[C@H](NC(=O)[C@H](CCC(N)=O)NC(=O)[C@H](CCC(=O)O)NC(=O)[C@H](CCC(N)=O)NC(=O)[C@H](CCC(N)=O)NC(=O)CNC(=O)[C@@H]1CCCN1C(=O)[C@@H](N)CCC(=O)O)C(=O)N[C@H](C(=O)O)C(C)C. The Hall–Kier alpha value is -7.46. The van der Waals surface area contributed by atoms with Crippen molar-refractivity contribution in [2.75, 3.05) is 13.1 Å². The molecule has 0 aliphatic carbocycles. The fraction of sp³-hybridized carbons (Fsp3) is 0.674. The van der Waals surface area contributed by atoms with E-state index in [2.05, 4.69) is 37.2 Å². The zero-order chi connectivity index (χ0) is 55.0. The molecule has 404 valence electrons. The lowest BCUT2D eigenvalue weighted by Crippen LogP contribution is -2.60. The summed E-state index contributed by atoms with van der Waals surface area (Å²) in [7, 11) is 0. The molecule has 1 saturated heterocycles. The van der Waals surface area contributed by atoms with Crippen molar-refractivity contribution in [3.8, 4) is 0 Å². The van der Waals surface area contributed by atoms with Crippen LogP contribution in [0, 0.1) is 11.8 Å². The average Bonchev–Trinajstić information content (AvgIpc) is 3.78. The molecule has 0 aromatic heterocycles. The van der Waals surface area contributed by atoms with E-state index in [-0.39, 0.29) is 31.7 Å². The molecule has 8 atom stereocenters. The summed E-state index contributed by atoms with van der Waals surface area (Å²) >= 11 is 0. The Morgan fingerprint density at radius 3 is 1.32 bits per heavy atom. The van der Waals surface area contributed by atoms with Gasteiger partial charge in [-0.2, -0.15) is 0 Å². The van der Waals surface area contributed by atoms with E-state index in [9.17, 15) is 77.3 Å². The van der Waals surface area contributed by atoms with Crippen LogP contribution in [0.4, 0.5) is 0 Å². The van der Waals surface area contributed by atoms with Gasteiger partial charge in [-0.3, -0.25) is 62.3 Å². The van der Waals surface area contributed by atoms with Gasteiger partial charge in [0.2, 0.25) is 65.0 Å². The number of likely N-dealkylation sites (tertiary alicyclic amines) is 1. The van der Waals surface area contributed by atoms with Crippen LogP contribution >= 0.6 is 0 Å². The smallest absolute Gasteiger partial charge is 0.326 e. The summed E-state index contributed by atoms with van der Waals surface area (Å²) < 4.78 is 0. The minimum absolute atomic E-state index is 0.0177. The summed E-state index contributed by atoms with van der Waals surface area (Å²) in [6, 6.07) is -11.9. The number of primary amides is 3. The van der Waals surface area contributed by atoms with Crippen LogP contribution in [0.5, 0.6) is 0 Å². The fourth-order valence-electron chi connectivity index (χ4n) is 7.21. The number of carboxylic acid groups (broad SMARTS) is 3. The first-order valence-electron chi connectivity index (χ1n) is 23.2. The molecule has 0 saturated carbocycles. The van der Waals surface area contributed by atoms with Crippen LogP contribution in [0.15, 0.2) is 0 Å². The Balaban J connectivity index is 3.38. The third-order valence-corrected chi connectivity index (χ3v) is 11.1.